The molecule has 1 fully saturated rings. The number of carboxylic acids is 1. The fourth-order valence-electron chi connectivity index (χ4n) is 2.81. The van der Waals surface area contributed by atoms with Crippen LogP contribution in [0, 0.1) is 12.8 Å². The lowest BCUT2D eigenvalue weighted by Gasteiger charge is -2.20. The largest absolute Gasteiger partial charge is 0.497 e. The maximum atomic E-state index is 12.7. The Hall–Kier alpha value is -2.89. The molecule has 6 heteroatoms. The van der Waals surface area contributed by atoms with E-state index in [1.165, 1.54) is 12.3 Å². The summed E-state index contributed by atoms with van der Waals surface area (Å²) in [6.45, 7) is 1.69. The molecule has 1 unspecified atom stereocenters. The number of rotatable bonds is 6. The number of aromatic carboxylic acids is 1. The summed E-state index contributed by atoms with van der Waals surface area (Å²) in [6.07, 6.45) is 3.38. The lowest BCUT2D eigenvalue weighted by molar-refractivity contribution is 0.0696. The zero-order valence-electron chi connectivity index (χ0n) is 14.2. The number of nitrogens with one attached hydrogen (secondary N) is 1. The van der Waals surface area contributed by atoms with Crippen LogP contribution in [-0.4, -0.2) is 29.1 Å². The number of amides is 1. The lowest BCUT2D eigenvalue weighted by Crippen LogP contribution is -2.30. The van der Waals surface area contributed by atoms with Gasteiger partial charge in [0.2, 0.25) is 0 Å². The van der Waals surface area contributed by atoms with Gasteiger partial charge in [0.15, 0.2) is 0 Å². The number of aryl methyl sites for hydroxylation is 1. The first-order chi connectivity index (χ1) is 12.0. The van der Waals surface area contributed by atoms with Gasteiger partial charge in [-0.15, -0.1) is 0 Å². The van der Waals surface area contributed by atoms with E-state index < -0.39 is 5.97 Å². The molecular weight excluding hydrogens is 320 g/mol. The van der Waals surface area contributed by atoms with Crippen LogP contribution in [0.2, 0.25) is 0 Å². The summed E-state index contributed by atoms with van der Waals surface area (Å²) >= 11 is 0. The molecule has 1 aromatic heterocycles. The Kier molecular flexibility index (Phi) is 4.70. The van der Waals surface area contributed by atoms with Crippen LogP contribution in [0.3, 0.4) is 0 Å². The number of methoxy groups -OCH3 is 1. The number of hydrogen-bond acceptors (Lipinski definition) is 4. The number of ether oxygens (including phenoxy) is 1. The molecule has 1 aliphatic rings. The monoisotopic (exact) mass is 340 g/mol. The summed E-state index contributed by atoms with van der Waals surface area (Å²) < 4.78 is 5.18. The van der Waals surface area contributed by atoms with E-state index in [0.29, 0.717) is 17.2 Å². The average Bonchev–Trinajstić information content (AvgIpc) is 3.44. The molecule has 25 heavy (non-hydrogen) atoms. The summed E-state index contributed by atoms with van der Waals surface area (Å²) in [5, 5.41) is 12.1. The Morgan fingerprint density at radius 3 is 2.52 bits per heavy atom. The Morgan fingerprint density at radius 1 is 1.28 bits per heavy atom. The molecule has 1 heterocycles. The van der Waals surface area contributed by atoms with Crippen molar-refractivity contribution in [2.24, 2.45) is 5.92 Å². The van der Waals surface area contributed by atoms with E-state index in [-0.39, 0.29) is 17.5 Å². The Labute approximate surface area is 145 Å². The van der Waals surface area contributed by atoms with Gasteiger partial charge in [0.1, 0.15) is 5.75 Å². The number of benzene rings is 1. The Balaban J connectivity index is 1.84. The molecule has 130 valence electrons. The molecule has 1 saturated carbocycles. The molecule has 0 aliphatic heterocycles. The first-order valence-electron chi connectivity index (χ1n) is 8.14. The summed E-state index contributed by atoms with van der Waals surface area (Å²) in [6, 6.07) is 8.90. The molecule has 2 aromatic rings. The molecule has 1 aromatic carbocycles. The van der Waals surface area contributed by atoms with Gasteiger partial charge in [-0.2, -0.15) is 0 Å². The van der Waals surface area contributed by atoms with E-state index in [1.807, 2.05) is 24.3 Å². The molecule has 1 amide bonds. The van der Waals surface area contributed by atoms with Crippen LogP contribution in [-0.2, 0) is 0 Å². The minimum Gasteiger partial charge on any atom is -0.497 e. The van der Waals surface area contributed by atoms with Gasteiger partial charge in [-0.05, 0) is 49.4 Å². The SMILES string of the molecule is COc1ccc(C(NC(=O)c2cc(C(=O)O)cnc2C)C2CC2)cc1. The van der Waals surface area contributed by atoms with Crippen molar-refractivity contribution >= 4 is 11.9 Å². The lowest BCUT2D eigenvalue weighted by atomic mass is 10.0. The van der Waals surface area contributed by atoms with Crippen molar-refractivity contribution in [2.75, 3.05) is 7.11 Å². The van der Waals surface area contributed by atoms with Gasteiger partial charge in [0, 0.05) is 6.20 Å². The molecule has 1 aliphatic carbocycles. The van der Waals surface area contributed by atoms with Crippen molar-refractivity contribution in [2.45, 2.75) is 25.8 Å². The minimum atomic E-state index is -1.10. The molecule has 3 rings (SSSR count). The number of pyridine rings is 1. The van der Waals surface area contributed by atoms with Gasteiger partial charge in [0.25, 0.3) is 5.91 Å². The third-order valence-electron chi connectivity index (χ3n) is 4.43. The molecule has 0 bridgehead atoms. The first-order valence-corrected chi connectivity index (χ1v) is 8.14. The number of hydrogen-bond donors (Lipinski definition) is 2. The van der Waals surface area contributed by atoms with Crippen molar-refractivity contribution in [3.05, 3.63) is 58.9 Å². The van der Waals surface area contributed by atoms with E-state index in [1.54, 1.807) is 14.0 Å². The third-order valence-corrected chi connectivity index (χ3v) is 4.43. The second kappa shape index (κ2) is 6.93. The second-order valence-electron chi connectivity index (χ2n) is 6.22. The topological polar surface area (TPSA) is 88.5 Å². The highest BCUT2D eigenvalue weighted by Gasteiger charge is 2.34. The number of aromatic nitrogens is 1. The second-order valence-corrected chi connectivity index (χ2v) is 6.22. The van der Waals surface area contributed by atoms with Crippen LogP contribution in [0.5, 0.6) is 5.75 Å². The van der Waals surface area contributed by atoms with Gasteiger partial charge in [0.05, 0.1) is 30.0 Å². The van der Waals surface area contributed by atoms with Crippen molar-refractivity contribution in [3.63, 3.8) is 0 Å². The fourth-order valence-corrected chi connectivity index (χ4v) is 2.81. The summed E-state index contributed by atoms with van der Waals surface area (Å²) in [5.74, 6) is -0.247. The standard InChI is InChI=1S/C19H20N2O4/c1-11-16(9-14(10-20-11)19(23)24)18(22)21-17(12-3-4-12)13-5-7-15(25-2)8-6-13/h5-10,12,17H,3-4H2,1-2H3,(H,21,22)(H,23,24). The van der Waals surface area contributed by atoms with Gasteiger partial charge >= 0.3 is 5.97 Å². The van der Waals surface area contributed by atoms with E-state index in [9.17, 15) is 9.59 Å². The molecule has 0 saturated heterocycles. The van der Waals surface area contributed by atoms with Crippen LogP contribution < -0.4 is 10.1 Å². The quantitative estimate of drug-likeness (QED) is 0.844. The third kappa shape index (κ3) is 3.79. The highest BCUT2D eigenvalue weighted by Crippen LogP contribution is 2.41. The summed E-state index contributed by atoms with van der Waals surface area (Å²) in [5.41, 5.74) is 1.81. The number of carboxylic acid groups (broad SMARTS) is 1. The Bertz CT molecular complexity index is 798. The molecule has 2 N–H and O–H groups in total. The van der Waals surface area contributed by atoms with Crippen molar-refractivity contribution in [1.29, 1.82) is 0 Å². The van der Waals surface area contributed by atoms with Crippen LogP contribution in [0.1, 0.15) is 50.9 Å². The molecule has 1 atom stereocenters. The number of nitrogens with zero attached hydrogens (tertiary/aromatic N) is 1. The van der Waals surface area contributed by atoms with Crippen molar-refractivity contribution in [3.8, 4) is 5.75 Å². The van der Waals surface area contributed by atoms with E-state index in [2.05, 4.69) is 10.3 Å². The van der Waals surface area contributed by atoms with Gasteiger partial charge in [-0.25, -0.2) is 4.79 Å². The van der Waals surface area contributed by atoms with Crippen LogP contribution in [0.15, 0.2) is 36.5 Å². The van der Waals surface area contributed by atoms with Gasteiger partial charge in [-0.1, -0.05) is 12.1 Å². The van der Waals surface area contributed by atoms with E-state index >= 15 is 0 Å². The van der Waals surface area contributed by atoms with Crippen LogP contribution in [0.25, 0.3) is 0 Å². The zero-order valence-corrected chi connectivity index (χ0v) is 14.2. The van der Waals surface area contributed by atoms with E-state index in [4.69, 9.17) is 9.84 Å². The van der Waals surface area contributed by atoms with Crippen LogP contribution >= 0.6 is 0 Å². The highest BCUT2D eigenvalue weighted by molar-refractivity contribution is 5.98. The normalized spacial score (nSPS) is 14.6. The maximum absolute atomic E-state index is 12.7. The number of carbonyl (C=O) groups excluding carboxylic acids is 1. The zero-order chi connectivity index (χ0) is 18.0. The fraction of sp³-hybridized carbons (Fsp3) is 0.316. The average molecular weight is 340 g/mol. The minimum absolute atomic E-state index is 0.00293. The summed E-state index contributed by atoms with van der Waals surface area (Å²) in [4.78, 5) is 27.9. The number of carbonyl (C=O) groups is 2. The van der Waals surface area contributed by atoms with E-state index in [0.717, 1.165) is 24.2 Å². The van der Waals surface area contributed by atoms with Crippen molar-refractivity contribution in [1.82, 2.24) is 10.3 Å². The van der Waals surface area contributed by atoms with Crippen LogP contribution in [0.4, 0.5) is 0 Å². The molecular formula is C19H20N2O4. The van der Waals surface area contributed by atoms with Gasteiger partial charge in [-0.3, -0.25) is 9.78 Å². The predicted octanol–water partition coefficient (Wildman–Crippen LogP) is 2.98. The molecule has 0 radical (unpaired) electrons. The highest BCUT2D eigenvalue weighted by atomic mass is 16.5. The predicted molar refractivity (Wildman–Crippen MR) is 91.9 cm³/mol. The summed E-state index contributed by atoms with van der Waals surface area (Å²) in [7, 11) is 1.61. The smallest absolute Gasteiger partial charge is 0.337 e. The first kappa shape index (κ1) is 17.0. The Morgan fingerprint density at radius 2 is 1.96 bits per heavy atom. The van der Waals surface area contributed by atoms with Crippen molar-refractivity contribution < 1.29 is 19.4 Å². The molecule has 0 spiro atoms. The molecule has 6 nitrogen and oxygen atoms in total. The van der Waals surface area contributed by atoms with Gasteiger partial charge < -0.3 is 15.2 Å². The maximum Gasteiger partial charge on any atom is 0.337 e.